The number of fused-ring (bicyclic) bond motifs is 1. The fourth-order valence-corrected chi connectivity index (χ4v) is 3.86. The summed E-state index contributed by atoms with van der Waals surface area (Å²) in [7, 11) is 4.11. The zero-order chi connectivity index (χ0) is 15.8. The molecular weight excluding hydrogens is 306 g/mol. The second kappa shape index (κ2) is 5.70. The van der Waals surface area contributed by atoms with Gasteiger partial charge in [-0.15, -0.1) is 11.3 Å². The Bertz CT molecular complexity index is 776. The van der Waals surface area contributed by atoms with Crippen LogP contribution in [0.5, 0.6) is 0 Å². The van der Waals surface area contributed by atoms with Crippen molar-refractivity contribution in [3.8, 4) is 0 Å². The zero-order valence-electron chi connectivity index (χ0n) is 13.2. The lowest BCUT2D eigenvalue weighted by Crippen LogP contribution is -2.27. The van der Waals surface area contributed by atoms with E-state index in [0.717, 1.165) is 12.4 Å². The van der Waals surface area contributed by atoms with Gasteiger partial charge in [0.15, 0.2) is 0 Å². The summed E-state index contributed by atoms with van der Waals surface area (Å²) in [6.45, 7) is 0. The maximum atomic E-state index is 4.42. The van der Waals surface area contributed by atoms with E-state index in [-0.39, 0.29) is 12.1 Å². The van der Waals surface area contributed by atoms with Crippen molar-refractivity contribution in [3.05, 3.63) is 58.5 Å². The molecule has 2 atom stereocenters. The Balaban J connectivity index is 1.69. The Morgan fingerprint density at radius 3 is 2.74 bits per heavy atom. The highest BCUT2D eigenvalue weighted by Crippen LogP contribution is 2.38. The SMILES string of the molecule is CN(C)c1ccc([C@H]2C[C@H](c3cccs3)Nc3ncnn32)cc1. The number of hydrogen-bond donors (Lipinski definition) is 1. The molecule has 3 heterocycles. The Kier molecular flexibility index (Phi) is 3.53. The van der Waals surface area contributed by atoms with Crippen molar-refractivity contribution < 1.29 is 0 Å². The molecular formula is C17H19N5S. The lowest BCUT2D eigenvalue weighted by atomic mass is 9.96. The average molecular weight is 325 g/mol. The molecule has 1 aromatic carbocycles. The highest BCUT2D eigenvalue weighted by Gasteiger charge is 2.30. The van der Waals surface area contributed by atoms with E-state index in [1.165, 1.54) is 16.1 Å². The first-order valence-corrected chi connectivity index (χ1v) is 8.57. The number of nitrogens with one attached hydrogen (secondary N) is 1. The number of hydrogen-bond acceptors (Lipinski definition) is 5. The molecule has 6 heteroatoms. The van der Waals surface area contributed by atoms with Crippen molar-refractivity contribution in [1.82, 2.24) is 14.8 Å². The van der Waals surface area contributed by atoms with Crippen molar-refractivity contribution >= 4 is 23.0 Å². The summed E-state index contributed by atoms with van der Waals surface area (Å²) in [6.07, 6.45) is 2.60. The molecule has 0 amide bonds. The lowest BCUT2D eigenvalue weighted by Gasteiger charge is -2.31. The van der Waals surface area contributed by atoms with Gasteiger partial charge in [0, 0.05) is 24.7 Å². The van der Waals surface area contributed by atoms with Gasteiger partial charge in [-0.05, 0) is 35.6 Å². The lowest BCUT2D eigenvalue weighted by molar-refractivity contribution is 0.433. The first-order valence-electron chi connectivity index (χ1n) is 7.69. The van der Waals surface area contributed by atoms with Crippen LogP contribution < -0.4 is 10.2 Å². The molecule has 0 saturated carbocycles. The van der Waals surface area contributed by atoms with Crippen molar-refractivity contribution in [1.29, 1.82) is 0 Å². The van der Waals surface area contributed by atoms with E-state index in [1.54, 1.807) is 17.7 Å². The predicted octanol–water partition coefficient (Wildman–Crippen LogP) is 3.55. The van der Waals surface area contributed by atoms with Crippen molar-refractivity contribution in [2.75, 3.05) is 24.3 Å². The average Bonchev–Trinajstić information content (AvgIpc) is 3.25. The predicted molar refractivity (Wildman–Crippen MR) is 94.2 cm³/mol. The molecule has 3 aromatic rings. The molecule has 0 bridgehead atoms. The Labute approximate surface area is 139 Å². The second-order valence-electron chi connectivity index (χ2n) is 5.98. The van der Waals surface area contributed by atoms with Crippen LogP contribution in [0.1, 0.15) is 28.9 Å². The van der Waals surface area contributed by atoms with E-state index < -0.39 is 0 Å². The van der Waals surface area contributed by atoms with Gasteiger partial charge in [-0.25, -0.2) is 4.68 Å². The molecule has 0 fully saturated rings. The van der Waals surface area contributed by atoms with E-state index in [2.05, 4.69) is 76.2 Å². The van der Waals surface area contributed by atoms with Gasteiger partial charge in [0.25, 0.3) is 0 Å². The summed E-state index contributed by atoms with van der Waals surface area (Å²) < 4.78 is 1.99. The number of thiophene rings is 1. The minimum atomic E-state index is 0.206. The molecule has 2 aromatic heterocycles. The van der Waals surface area contributed by atoms with Gasteiger partial charge in [-0.3, -0.25) is 0 Å². The summed E-state index contributed by atoms with van der Waals surface area (Å²) in [4.78, 5) is 7.83. The van der Waals surface area contributed by atoms with Gasteiger partial charge in [-0.2, -0.15) is 10.1 Å². The molecule has 1 N–H and O–H groups in total. The topological polar surface area (TPSA) is 46.0 Å². The van der Waals surface area contributed by atoms with Gasteiger partial charge in [0.1, 0.15) is 6.33 Å². The van der Waals surface area contributed by atoms with Crippen LogP contribution in [0.15, 0.2) is 48.1 Å². The molecule has 0 unspecified atom stereocenters. The first-order chi connectivity index (χ1) is 11.2. The van der Waals surface area contributed by atoms with E-state index >= 15 is 0 Å². The maximum absolute atomic E-state index is 4.42. The largest absolute Gasteiger partial charge is 0.378 e. The molecule has 118 valence electrons. The number of benzene rings is 1. The summed E-state index contributed by atoms with van der Waals surface area (Å²) in [5.41, 5.74) is 2.47. The van der Waals surface area contributed by atoms with Gasteiger partial charge >= 0.3 is 0 Å². The molecule has 4 rings (SSSR count). The third-order valence-electron chi connectivity index (χ3n) is 4.31. The van der Waals surface area contributed by atoms with Gasteiger partial charge in [0.05, 0.1) is 12.1 Å². The van der Waals surface area contributed by atoms with Crippen LogP contribution in [-0.4, -0.2) is 28.9 Å². The highest BCUT2D eigenvalue weighted by molar-refractivity contribution is 7.10. The van der Waals surface area contributed by atoms with Crippen LogP contribution >= 0.6 is 11.3 Å². The third-order valence-corrected chi connectivity index (χ3v) is 5.30. The van der Waals surface area contributed by atoms with Crippen LogP contribution in [-0.2, 0) is 0 Å². The van der Waals surface area contributed by atoms with Gasteiger partial charge in [-0.1, -0.05) is 18.2 Å². The molecule has 23 heavy (non-hydrogen) atoms. The quantitative estimate of drug-likeness (QED) is 0.800. The van der Waals surface area contributed by atoms with Gasteiger partial charge in [0.2, 0.25) is 5.95 Å². The summed E-state index contributed by atoms with van der Waals surface area (Å²) >= 11 is 1.78. The standard InChI is InChI=1S/C17H19N5S/c1-21(2)13-7-5-12(6-8-13)15-10-14(16-4-3-9-23-16)20-17-18-11-19-22(15)17/h3-9,11,14-15H,10H2,1-2H3,(H,18,19,20)/t14-,15-/m1/s1. The van der Waals surface area contributed by atoms with Crippen LogP contribution in [0.25, 0.3) is 0 Å². The number of aromatic nitrogens is 3. The minimum Gasteiger partial charge on any atom is -0.378 e. The highest BCUT2D eigenvalue weighted by atomic mass is 32.1. The van der Waals surface area contributed by atoms with E-state index in [0.29, 0.717) is 0 Å². The Morgan fingerprint density at radius 1 is 1.22 bits per heavy atom. The fraction of sp³-hybridized carbons (Fsp3) is 0.294. The first kappa shape index (κ1) is 14.3. The second-order valence-corrected chi connectivity index (χ2v) is 6.96. The molecule has 1 aliphatic heterocycles. The van der Waals surface area contributed by atoms with Crippen LogP contribution in [0, 0.1) is 0 Å². The fourth-order valence-electron chi connectivity index (χ4n) is 3.07. The van der Waals surface area contributed by atoms with Crippen LogP contribution in [0.3, 0.4) is 0 Å². The van der Waals surface area contributed by atoms with Crippen LogP contribution in [0.4, 0.5) is 11.6 Å². The van der Waals surface area contributed by atoms with Crippen molar-refractivity contribution in [2.24, 2.45) is 0 Å². The number of anilines is 2. The smallest absolute Gasteiger partial charge is 0.222 e. The number of nitrogens with zero attached hydrogens (tertiary/aromatic N) is 4. The van der Waals surface area contributed by atoms with Gasteiger partial charge < -0.3 is 10.2 Å². The molecule has 1 aliphatic rings. The van der Waals surface area contributed by atoms with E-state index in [1.807, 2.05) is 4.68 Å². The molecule has 5 nitrogen and oxygen atoms in total. The minimum absolute atomic E-state index is 0.206. The molecule has 0 radical (unpaired) electrons. The maximum Gasteiger partial charge on any atom is 0.222 e. The van der Waals surface area contributed by atoms with Crippen molar-refractivity contribution in [3.63, 3.8) is 0 Å². The molecule has 0 spiro atoms. The molecule has 0 saturated heterocycles. The third kappa shape index (κ3) is 2.59. The summed E-state index contributed by atoms with van der Waals surface area (Å²) in [6, 6.07) is 13.5. The zero-order valence-corrected chi connectivity index (χ0v) is 14.0. The van der Waals surface area contributed by atoms with E-state index in [4.69, 9.17) is 0 Å². The summed E-state index contributed by atoms with van der Waals surface area (Å²) in [5.74, 6) is 0.844. The van der Waals surface area contributed by atoms with Crippen LogP contribution in [0.2, 0.25) is 0 Å². The number of rotatable bonds is 3. The Hall–Kier alpha value is -2.34. The normalized spacial score (nSPS) is 19.9. The molecule has 0 aliphatic carbocycles. The van der Waals surface area contributed by atoms with E-state index in [9.17, 15) is 0 Å². The Morgan fingerprint density at radius 2 is 2.04 bits per heavy atom. The van der Waals surface area contributed by atoms with Crippen molar-refractivity contribution in [2.45, 2.75) is 18.5 Å². The monoisotopic (exact) mass is 325 g/mol. The summed E-state index contributed by atoms with van der Waals surface area (Å²) in [5, 5.41) is 10.0.